The van der Waals surface area contributed by atoms with Crippen LogP contribution in [0.4, 0.5) is 5.69 Å². The summed E-state index contributed by atoms with van der Waals surface area (Å²) in [7, 11) is -4.19. The minimum atomic E-state index is -4.19. The molecule has 0 saturated carbocycles. The zero-order valence-corrected chi connectivity index (χ0v) is 14.8. The predicted molar refractivity (Wildman–Crippen MR) is 86.3 cm³/mol. The molecule has 1 aromatic carbocycles. The van der Waals surface area contributed by atoms with Crippen molar-refractivity contribution in [1.29, 1.82) is 0 Å². The number of sulfonamides is 1. The Morgan fingerprint density at radius 1 is 1.38 bits per heavy atom. The Hall–Kier alpha value is -2.00. The number of aryl methyl sites for hydroxylation is 1. The van der Waals surface area contributed by atoms with Gasteiger partial charge in [0, 0.05) is 17.2 Å². The first-order valence-electron chi connectivity index (χ1n) is 7.42. The molecule has 8 nitrogen and oxygen atoms in total. The number of nitro groups is 1. The number of hydrogen-bond acceptors (Lipinski definition) is 5. The van der Waals surface area contributed by atoms with Crippen molar-refractivity contribution in [2.45, 2.75) is 57.0 Å². The van der Waals surface area contributed by atoms with Gasteiger partial charge in [-0.1, -0.05) is 0 Å². The Labute approximate surface area is 140 Å². The molecule has 132 valence electrons. The standard InChI is InChI=1S/C15H20N2O6S/c1-9-7-11(8-13(10(9)2)17(20)21)24(22,23)16-12(14(18)19)5-6-15(16,3)4/h7-8,12H,5-6H2,1-4H3,(H,18,19). The van der Waals surface area contributed by atoms with Gasteiger partial charge in [-0.3, -0.25) is 14.9 Å². The lowest BCUT2D eigenvalue weighted by Gasteiger charge is -2.33. The van der Waals surface area contributed by atoms with Crippen LogP contribution in [0.25, 0.3) is 0 Å². The number of carboxylic acids is 1. The van der Waals surface area contributed by atoms with Crippen molar-refractivity contribution in [3.63, 3.8) is 0 Å². The smallest absolute Gasteiger partial charge is 0.322 e. The highest BCUT2D eigenvalue weighted by Crippen LogP contribution is 2.39. The third kappa shape index (κ3) is 2.89. The molecule has 1 N–H and O–H groups in total. The molecule has 0 amide bonds. The highest BCUT2D eigenvalue weighted by molar-refractivity contribution is 7.89. The van der Waals surface area contributed by atoms with Crippen LogP contribution < -0.4 is 0 Å². The van der Waals surface area contributed by atoms with Gasteiger partial charge in [0.1, 0.15) is 6.04 Å². The van der Waals surface area contributed by atoms with Crippen LogP contribution in [-0.2, 0) is 14.8 Å². The van der Waals surface area contributed by atoms with E-state index in [-0.39, 0.29) is 17.0 Å². The normalized spacial score (nSPS) is 20.9. The number of aliphatic carboxylic acids is 1. The molecule has 0 radical (unpaired) electrons. The average molecular weight is 356 g/mol. The number of carbonyl (C=O) groups is 1. The molecule has 2 rings (SSSR count). The van der Waals surface area contributed by atoms with Crippen molar-refractivity contribution in [2.75, 3.05) is 0 Å². The molecule has 1 aliphatic rings. The second kappa shape index (κ2) is 5.82. The summed E-state index contributed by atoms with van der Waals surface area (Å²) in [5, 5.41) is 20.5. The van der Waals surface area contributed by atoms with E-state index in [0.29, 0.717) is 17.5 Å². The Balaban J connectivity index is 2.66. The zero-order valence-electron chi connectivity index (χ0n) is 13.9. The fourth-order valence-electron chi connectivity index (χ4n) is 3.12. The Morgan fingerprint density at radius 3 is 2.46 bits per heavy atom. The summed E-state index contributed by atoms with van der Waals surface area (Å²) in [4.78, 5) is 21.8. The second-order valence-electron chi connectivity index (χ2n) is 6.65. The summed E-state index contributed by atoms with van der Waals surface area (Å²) in [6, 6.07) is 1.18. The Kier molecular flexibility index (Phi) is 4.45. The topological polar surface area (TPSA) is 118 Å². The van der Waals surface area contributed by atoms with Crippen molar-refractivity contribution in [3.05, 3.63) is 33.4 Å². The van der Waals surface area contributed by atoms with Crippen LogP contribution in [0.3, 0.4) is 0 Å². The molecular formula is C15H20N2O6S. The van der Waals surface area contributed by atoms with Gasteiger partial charge in [0.15, 0.2) is 0 Å². The average Bonchev–Trinajstić information content (AvgIpc) is 2.77. The molecule has 0 spiro atoms. The van der Waals surface area contributed by atoms with E-state index < -0.39 is 32.5 Å². The number of benzene rings is 1. The van der Waals surface area contributed by atoms with Crippen molar-refractivity contribution >= 4 is 21.7 Å². The van der Waals surface area contributed by atoms with E-state index in [0.717, 1.165) is 10.4 Å². The number of nitrogens with zero attached hydrogens (tertiary/aromatic N) is 2. The molecule has 0 aliphatic carbocycles. The zero-order chi connectivity index (χ0) is 18.4. The van der Waals surface area contributed by atoms with E-state index in [2.05, 4.69) is 0 Å². The van der Waals surface area contributed by atoms with Crippen LogP contribution in [0.5, 0.6) is 0 Å². The molecule has 1 heterocycles. The van der Waals surface area contributed by atoms with Gasteiger partial charge in [-0.25, -0.2) is 8.42 Å². The number of hydrogen-bond donors (Lipinski definition) is 1. The summed E-state index contributed by atoms with van der Waals surface area (Å²) < 4.78 is 27.1. The third-order valence-corrected chi connectivity index (χ3v) is 6.66. The Bertz CT molecular complexity index is 815. The van der Waals surface area contributed by atoms with Gasteiger partial charge in [0.2, 0.25) is 10.0 Å². The number of rotatable bonds is 4. The molecule has 24 heavy (non-hydrogen) atoms. The highest BCUT2D eigenvalue weighted by atomic mass is 32.2. The van der Waals surface area contributed by atoms with E-state index in [9.17, 15) is 28.4 Å². The molecule has 1 saturated heterocycles. The monoisotopic (exact) mass is 356 g/mol. The van der Waals surface area contributed by atoms with E-state index in [1.807, 2.05) is 0 Å². The van der Waals surface area contributed by atoms with Gasteiger partial charge in [-0.2, -0.15) is 4.31 Å². The summed E-state index contributed by atoms with van der Waals surface area (Å²) in [5.74, 6) is -1.22. The summed E-state index contributed by atoms with van der Waals surface area (Å²) in [6.45, 7) is 6.45. The van der Waals surface area contributed by atoms with Gasteiger partial charge in [-0.15, -0.1) is 0 Å². The predicted octanol–water partition coefficient (Wildman–Crippen LogP) is 2.23. The summed E-state index contributed by atoms with van der Waals surface area (Å²) in [6.07, 6.45) is 0.602. The SMILES string of the molecule is Cc1cc(S(=O)(=O)N2C(C(=O)O)CCC2(C)C)cc([N+](=O)[O-])c1C. The largest absolute Gasteiger partial charge is 0.480 e. The quantitative estimate of drug-likeness (QED) is 0.653. The molecule has 9 heteroatoms. The van der Waals surface area contributed by atoms with Gasteiger partial charge in [0.05, 0.1) is 9.82 Å². The number of nitro benzene ring substituents is 1. The molecule has 1 atom stereocenters. The fourth-order valence-corrected chi connectivity index (χ4v) is 5.20. The summed E-state index contributed by atoms with van der Waals surface area (Å²) >= 11 is 0. The van der Waals surface area contributed by atoms with E-state index >= 15 is 0 Å². The van der Waals surface area contributed by atoms with Crippen molar-refractivity contribution < 1.29 is 23.2 Å². The fraction of sp³-hybridized carbons (Fsp3) is 0.533. The lowest BCUT2D eigenvalue weighted by molar-refractivity contribution is -0.385. The van der Waals surface area contributed by atoms with Gasteiger partial charge < -0.3 is 5.11 Å². The van der Waals surface area contributed by atoms with Crippen molar-refractivity contribution in [1.82, 2.24) is 4.31 Å². The molecule has 1 aliphatic heterocycles. The lowest BCUT2D eigenvalue weighted by Crippen LogP contribution is -2.49. The van der Waals surface area contributed by atoms with Crippen LogP contribution >= 0.6 is 0 Å². The first-order chi connectivity index (χ1) is 10.9. The first kappa shape index (κ1) is 18.3. The minimum Gasteiger partial charge on any atom is -0.480 e. The van der Waals surface area contributed by atoms with E-state index in [1.165, 1.54) is 6.07 Å². The van der Waals surface area contributed by atoms with Crippen LogP contribution in [0.15, 0.2) is 17.0 Å². The highest BCUT2D eigenvalue weighted by Gasteiger charge is 2.50. The van der Waals surface area contributed by atoms with Crippen molar-refractivity contribution in [3.8, 4) is 0 Å². The van der Waals surface area contributed by atoms with Gasteiger partial charge >= 0.3 is 5.97 Å². The third-order valence-electron chi connectivity index (χ3n) is 4.56. The maximum Gasteiger partial charge on any atom is 0.322 e. The summed E-state index contributed by atoms with van der Waals surface area (Å²) in [5.41, 5.74) is -0.325. The minimum absolute atomic E-state index is 0.203. The van der Waals surface area contributed by atoms with Gasteiger partial charge in [0.25, 0.3) is 5.69 Å². The molecule has 0 aromatic heterocycles. The molecule has 1 aromatic rings. The van der Waals surface area contributed by atoms with Crippen LogP contribution in [-0.4, -0.2) is 40.3 Å². The maximum atomic E-state index is 13.0. The number of carboxylic acid groups (broad SMARTS) is 1. The van der Waals surface area contributed by atoms with Crippen molar-refractivity contribution in [2.24, 2.45) is 0 Å². The van der Waals surface area contributed by atoms with Crippen LogP contribution in [0.1, 0.15) is 37.8 Å². The molecule has 0 bridgehead atoms. The molecule has 1 unspecified atom stereocenters. The first-order valence-corrected chi connectivity index (χ1v) is 8.86. The van der Waals surface area contributed by atoms with Crippen LogP contribution in [0.2, 0.25) is 0 Å². The molecular weight excluding hydrogens is 336 g/mol. The van der Waals surface area contributed by atoms with E-state index in [1.54, 1.807) is 27.7 Å². The molecule has 1 fully saturated rings. The van der Waals surface area contributed by atoms with Crippen LogP contribution in [0, 0.1) is 24.0 Å². The lowest BCUT2D eigenvalue weighted by atomic mass is 10.0. The maximum absolute atomic E-state index is 13.0. The Morgan fingerprint density at radius 2 is 1.96 bits per heavy atom. The van der Waals surface area contributed by atoms with E-state index in [4.69, 9.17) is 0 Å². The van der Waals surface area contributed by atoms with Gasteiger partial charge in [-0.05, 0) is 52.2 Å². The second-order valence-corrected chi connectivity index (χ2v) is 8.46.